The highest BCUT2D eigenvalue weighted by Crippen LogP contribution is 2.25. The average Bonchev–Trinajstić information content (AvgIpc) is 2.81. The lowest BCUT2D eigenvalue weighted by Crippen LogP contribution is -2.28. The summed E-state index contributed by atoms with van der Waals surface area (Å²) >= 11 is 0. The number of sulfonamides is 1. The van der Waals surface area contributed by atoms with E-state index in [1.54, 1.807) is 13.0 Å². The van der Waals surface area contributed by atoms with Crippen molar-refractivity contribution in [2.24, 2.45) is 0 Å². The molecule has 0 spiro atoms. The van der Waals surface area contributed by atoms with Crippen molar-refractivity contribution < 1.29 is 16.8 Å². The van der Waals surface area contributed by atoms with Crippen molar-refractivity contribution in [1.82, 2.24) is 4.31 Å². The van der Waals surface area contributed by atoms with Crippen LogP contribution in [0.1, 0.15) is 18.4 Å². The molecule has 106 valence electrons. The number of sulfone groups is 1. The molecule has 0 amide bonds. The first-order valence-corrected chi connectivity index (χ1v) is 9.37. The minimum Gasteiger partial charge on any atom is -0.224 e. The molecule has 0 radical (unpaired) electrons. The number of nitrogens with zero attached hydrogens (tertiary/aromatic N) is 1. The molecule has 0 aromatic heterocycles. The van der Waals surface area contributed by atoms with Gasteiger partial charge < -0.3 is 0 Å². The Morgan fingerprint density at radius 2 is 1.63 bits per heavy atom. The third-order valence-electron chi connectivity index (χ3n) is 3.27. The van der Waals surface area contributed by atoms with E-state index in [1.165, 1.54) is 16.4 Å². The van der Waals surface area contributed by atoms with Gasteiger partial charge >= 0.3 is 0 Å². The molecule has 1 aliphatic heterocycles. The number of aryl methyl sites for hydroxylation is 1. The van der Waals surface area contributed by atoms with E-state index in [-0.39, 0.29) is 9.79 Å². The highest BCUT2D eigenvalue weighted by Gasteiger charge is 2.29. The van der Waals surface area contributed by atoms with Crippen LogP contribution in [-0.4, -0.2) is 40.5 Å². The highest BCUT2D eigenvalue weighted by atomic mass is 32.2. The average molecular weight is 303 g/mol. The van der Waals surface area contributed by atoms with Crippen LogP contribution in [0.3, 0.4) is 0 Å². The monoisotopic (exact) mass is 303 g/mol. The van der Waals surface area contributed by atoms with Gasteiger partial charge in [0.1, 0.15) is 0 Å². The van der Waals surface area contributed by atoms with Crippen LogP contribution in [0.4, 0.5) is 0 Å². The summed E-state index contributed by atoms with van der Waals surface area (Å²) in [7, 11) is -6.99. The van der Waals surface area contributed by atoms with Crippen molar-refractivity contribution in [2.75, 3.05) is 19.3 Å². The summed E-state index contributed by atoms with van der Waals surface area (Å²) in [5, 5.41) is 0. The topological polar surface area (TPSA) is 71.5 Å². The molecule has 1 heterocycles. The zero-order chi connectivity index (χ0) is 14.3. The van der Waals surface area contributed by atoms with Gasteiger partial charge in [0.05, 0.1) is 9.79 Å². The maximum Gasteiger partial charge on any atom is 0.243 e. The molecule has 5 nitrogen and oxygen atoms in total. The smallest absolute Gasteiger partial charge is 0.224 e. The lowest BCUT2D eigenvalue weighted by Gasteiger charge is -2.17. The second-order valence-corrected chi connectivity index (χ2v) is 8.73. The molecule has 0 aliphatic carbocycles. The van der Waals surface area contributed by atoms with Crippen molar-refractivity contribution in [3.8, 4) is 0 Å². The Hall–Kier alpha value is -0.920. The van der Waals surface area contributed by atoms with Gasteiger partial charge in [0.25, 0.3) is 0 Å². The summed E-state index contributed by atoms with van der Waals surface area (Å²) in [4.78, 5) is 0.133. The number of hydrogen-bond donors (Lipinski definition) is 0. The van der Waals surface area contributed by atoms with Gasteiger partial charge in [-0.1, -0.05) is 6.07 Å². The Kier molecular flexibility index (Phi) is 3.72. The van der Waals surface area contributed by atoms with Gasteiger partial charge in [-0.2, -0.15) is 4.31 Å². The predicted molar refractivity (Wildman–Crippen MR) is 72.3 cm³/mol. The van der Waals surface area contributed by atoms with Crippen molar-refractivity contribution >= 4 is 19.9 Å². The van der Waals surface area contributed by atoms with E-state index in [9.17, 15) is 16.8 Å². The van der Waals surface area contributed by atoms with Crippen LogP contribution < -0.4 is 0 Å². The van der Waals surface area contributed by atoms with E-state index < -0.39 is 19.9 Å². The lowest BCUT2D eigenvalue weighted by molar-refractivity contribution is 0.477. The van der Waals surface area contributed by atoms with Gasteiger partial charge in [-0.3, -0.25) is 0 Å². The van der Waals surface area contributed by atoms with Crippen molar-refractivity contribution in [3.05, 3.63) is 23.8 Å². The molecule has 0 saturated carbocycles. The van der Waals surface area contributed by atoms with E-state index in [0.29, 0.717) is 18.7 Å². The Labute approximate surface area is 114 Å². The van der Waals surface area contributed by atoms with Gasteiger partial charge in [0, 0.05) is 19.3 Å². The van der Waals surface area contributed by atoms with Gasteiger partial charge in [-0.05, 0) is 37.5 Å². The molecule has 1 fully saturated rings. The SMILES string of the molecule is Cc1ccc(S(C)(=O)=O)cc1S(=O)(=O)N1CCCC1. The molecular weight excluding hydrogens is 286 g/mol. The van der Waals surface area contributed by atoms with Crippen LogP contribution in [0.5, 0.6) is 0 Å². The second-order valence-electron chi connectivity index (χ2n) is 4.81. The number of benzene rings is 1. The van der Waals surface area contributed by atoms with Crippen LogP contribution in [0.2, 0.25) is 0 Å². The molecule has 1 saturated heterocycles. The number of hydrogen-bond acceptors (Lipinski definition) is 4. The largest absolute Gasteiger partial charge is 0.243 e. The van der Waals surface area contributed by atoms with Crippen LogP contribution in [0.15, 0.2) is 28.0 Å². The maximum absolute atomic E-state index is 12.5. The van der Waals surface area contributed by atoms with Crippen molar-refractivity contribution in [1.29, 1.82) is 0 Å². The summed E-state index contributed by atoms with van der Waals surface area (Å²) in [5.74, 6) is 0. The summed E-state index contributed by atoms with van der Waals surface area (Å²) in [6.45, 7) is 2.69. The molecule has 1 aromatic carbocycles. The molecule has 0 bridgehead atoms. The molecule has 19 heavy (non-hydrogen) atoms. The summed E-state index contributed by atoms with van der Waals surface area (Å²) in [5.41, 5.74) is 0.569. The van der Waals surface area contributed by atoms with Gasteiger partial charge in [0.2, 0.25) is 10.0 Å². The normalized spacial score (nSPS) is 17.8. The van der Waals surface area contributed by atoms with Crippen LogP contribution in [-0.2, 0) is 19.9 Å². The quantitative estimate of drug-likeness (QED) is 0.840. The molecule has 0 N–H and O–H groups in total. The summed E-state index contributed by atoms with van der Waals surface area (Å²) < 4.78 is 49.4. The molecule has 1 aliphatic rings. The Balaban J connectivity index is 2.55. The maximum atomic E-state index is 12.5. The fraction of sp³-hybridized carbons (Fsp3) is 0.500. The van der Waals surface area contributed by atoms with E-state index in [2.05, 4.69) is 0 Å². The second kappa shape index (κ2) is 4.88. The minimum atomic E-state index is -3.58. The summed E-state index contributed by atoms with van der Waals surface area (Å²) in [6.07, 6.45) is 2.78. The summed E-state index contributed by atoms with van der Waals surface area (Å²) in [6, 6.07) is 4.24. The molecular formula is C12H17NO4S2. The molecule has 2 rings (SSSR count). The van der Waals surface area contributed by atoms with E-state index >= 15 is 0 Å². The molecule has 0 atom stereocenters. The zero-order valence-electron chi connectivity index (χ0n) is 11.0. The van der Waals surface area contributed by atoms with Crippen LogP contribution >= 0.6 is 0 Å². The molecule has 7 heteroatoms. The fourth-order valence-corrected chi connectivity index (χ4v) is 4.65. The standard InChI is InChI=1S/C12H17NO4S2/c1-10-5-6-11(18(2,14)15)9-12(10)19(16,17)13-7-3-4-8-13/h5-6,9H,3-4,7-8H2,1-2H3. The van der Waals surface area contributed by atoms with Gasteiger partial charge in [0.15, 0.2) is 9.84 Å². The molecule has 1 aromatic rings. The minimum absolute atomic E-state index is 0.0378. The first-order chi connectivity index (χ1) is 8.73. The zero-order valence-corrected chi connectivity index (χ0v) is 12.6. The molecule has 0 unspecified atom stereocenters. The van der Waals surface area contributed by atoms with Crippen LogP contribution in [0, 0.1) is 6.92 Å². The van der Waals surface area contributed by atoms with Crippen LogP contribution in [0.25, 0.3) is 0 Å². The van der Waals surface area contributed by atoms with E-state index in [1.807, 2.05) is 0 Å². The highest BCUT2D eigenvalue weighted by molar-refractivity contribution is 7.91. The Morgan fingerprint density at radius 1 is 1.05 bits per heavy atom. The predicted octanol–water partition coefficient (Wildman–Crippen LogP) is 1.18. The fourth-order valence-electron chi connectivity index (χ4n) is 2.16. The third-order valence-corrected chi connectivity index (χ3v) is 6.42. The Bertz CT molecular complexity index is 686. The third kappa shape index (κ3) is 2.82. The van der Waals surface area contributed by atoms with Crippen molar-refractivity contribution in [3.63, 3.8) is 0 Å². The lowest BCUT2D eigenvalue weighted by atomic mass is 10.2. The van der Waals surface area contributed by atoms with Gasteiger partial charge in [-0.25, -0.2) is 16.8 Å². The Morgan fingerprint density at radius 3 is 2.16 bits per heavy atom. The van der Waals surface area contributed by atoms with Gasteiger partial charge in [-0.15, -0.1) is 0 Å². The van der Waals surface area contributed by atoms with E-state index in [0.717, 1.165) is 19.1 Å². The van der Waals surface area contributed by atoms with E-state index in [4.69, 9.17) is 0 Å². The number of rotatable bonds is 3. The first kappa shape index (κ1) is 14.5. The van der Waals surface area contributed by atoms with Crippen molar-refractivity contribution in [2.45, 2.75) is 29.6 Å². The first-order valence-electron chi connectivity index (χ1n) is 6.04.